The number of nitro groups is 1. The summed E-state index contributed by atoms with van der Waals surface area (Å²) < 4.78 is 1.53. The fraction of sp³-hybridized carbons (Fsp3) is 0.333. The van der Waals surface area contributed by atoms with Gasteiger partial charge in [0.05, 0.1) is 10.6 Å². The van der Waals surface area contributed by atoms with Crippen molar-refractivity contribution >= 4 is 11.6 Å². The molecular weight excluding hydrogens is 298 g/mol. The molecule has 1 aromatic heterocycles. The highest BCUT2D eigenvalue weighted by Gasteiger charge is 2.23. The van der Waals surface area contributed by atoms with Gasteiger partial charge in [-0.2, -0.15) is 5.10 Å². The zero-order valence-electron chi connectivity index (χ0n) is 12.5. The molecule has 8 nitrogen and oxygen atoms in total. The average Bonchev–Trinajstić information content (AvgIpc) is 3.04. The van der Waals surface area contributed by atoms with Crippen LogP contribution in [0.25, 0.3) is 5.69 Å². The summed E-state index contributed by atoms with van der Waals surface area (Å²) in [6, 6.07) is 7.66. The van der Waals surface area contributed by atoms with Gasteiger partial charge >= 0.3 is 0 Å². The van der Waals surface area contributed by atoms with Crippen LogP contribution in [-0.4, -0.2) is 44.6 Å². The molecule has 1 unspecified atom stereocenters. The number of likely N-dealkylation sites (tertiary alicyclic amines) is 1. The second-order valence-electron chi connectivity index (χ2n) is 5.57. The molecule has 23 heavy (non-hydrogen) atoms. The molecule has 0 saturated carbocycles. The van der Waals surface area contributed by atoms with E-state index in [9.17, 15) is 14.9 Å². The number of amides is 1. The van der Waals surface area contributed by atoms with E-state index in [2.05, 4.69) is 5.10 Å². The Morgan fingerprint density at radius 2 is 2.04 bits per heavy atom. The highest BCUT2D eigenvalue weighted by molar-refractivity contribution is 5.92. The van der Waals surface area contributed by atoms with E-state index < -0.39 is 4.92 Å². The maximum Gasteiger partial charge on any atom is 0.274 e. The number of rotatable bonds is 3. The summed E-state index contributed by atoms with van der Waals surface area (Å²) >= 11 is 0. The number of hydrogen-bond acceptors (Lipinski definition) is 5. The first-order valence-corrected chi connectivity index (χ1v) is 7.40. The third kappa shape index (κ3) is 3.21. The maximum atomic E-state index is 12.4. The number of nitrogens with zero attached hydrogens (tertiary/aromatic N) is 4. The van der Waals surface area contributed by atoms with E-state index in [0.29, 0.717) is 24.5 Å². The van der Waals surface area contributed by atoms with Gasteiger partial charge in [-0.15, -0.1) is 0 Å². The minimum atomic E-state index is -0.457. The highest BCUT2D eigenvalue weighted by atomic mass is 16.6. The molecule has 2 heterocycles. The minimum absolute atomic E-state index is 0.0134. The number of aromatic nitrogens is 2. The van der Waals surface area contributed by atoms with Crippen molar-refractivity contribution in [3.63, 3.8) is 0 Å². The van der Waals surface area contributed by atoms with Crippen molar-refractivity contribution in [2.75, 3.05) is 13.1 Å². The predicted molar refractivity (Wildman–Crippen MR) is 83.3 cm³/mol. The van der Waals surface area contributed by atoms with E-state index in [1.807, 2.05) is 0 Å². The SMILES string of the molecule is NC1CCCN(C(=O)c2ccn(-c3ccc([N+](=O)[O-])cc3)n2)C1. The van der Waals surface area contributed by atoms with Crippen LogP contribution in [0.15, 0.2) is 36.5 Å². The molecule has 2 aromatic rings. The number of piperidine rings is 1. The topological polar surface area (TPSA) is 107 Å². The first-order chi connectivity index (χ1) is 11.0. The van der Waals surface area contributed by atoms with Crippen LogP contribution in [0.2, 0.25) is 0 Å². The second-order valence-corrected chi connectivity index (χ2v) is 5.57. The second kappa shape index (κ2) is 6.17. The lowest BCUT2D eigenvalue weighted by molar-refractivity contribution is -0.384. The molecule has 0 spiro atoms. The van der Waals surface area contributed by atoms with Gasteiger partial charge in [0.15, 0.2) is 5.69 Å². The Kier molecular flexibility index (Phi) is 4.07. The normalized spacial score (nSPS) is 18.0. The first-order valence-electron chi connectivity index (χ1n) is 7.40. The molecule has 0 radical (unpaired) electrons. The number of benzene rings is 1. The molecular formula is C15H17N5O3. The number of non-ortho nitro benzene ring substituents is 1. The number of carbonyl (C=O) groups excluding carboxylic acids is 1. The number of nitro benzene ring substituents is 1. The van der Waals surface area contributed by atoms with Gasteiger partial charge in [-0.05, 0) is 31.0 Å². The number of carbonyl (C=O) groups is 1. The lowest BCUT2D eigenvalue weighted by atomic mass is 10.1. The third-order valence-electron chi connectivity index (χ3n) is 3.88. The van der Waals surface area contributed by atoms with Crippen molar-refractivity contribution in [2.24, 2.45) is 5.73 Å². The van der Waals surface area contributed by atoms with Gasteiger partial charge in [0.25, 0.3) is 11.6 Å². The van der Waals surface area contributed by atoms with Crippen molar-refractivity contribution < 1.29 is 9.72 Å². The molecule has 8 heteroatoms. The van der Waals surface area contributed by atoms with E-state index >= 15 is 0 Å². The summed E-state index contributed by atoms with van der Waals surface area (Å²) in [5, 5.41) is 14.9. The van der Waals surface area contributed by atoms with E-state index in [1.165, 1.54) is 16.8 Å². The summed E-state index contributed by atoms with van der Waals surface area (Å²) in [6.45, 7) is 1.24. The molecule has 1 aromatic carbocycles. The molecule has 0 bridgehead atoms. The smallest absolute Gasteiger partial charge is 0.274 e. The Morgan fingerprint density at radius 1 is 1.30 bits per heavy atom. The van der Waals surface area contributed by atoms with Crippen molar-refractivity contribution in [3.05, 3.63) is 52.3 Å². The zero-order valence-corrected chi connectivity index (χ0v) is 12.5. The lowest BCUT2D eigenvalue weighted by Crippen LogP contribution is -2.45. The molecule has 1 fully saturated rings. The van der Waals surface area contributed by atoms with Gasteiger partial charge in [-0.3, -0.25) is 14.9 Å². The van der Waals surface area contributed by atoms with Gasteiger partial charge in [0.2, 0.25) is 0 Å². The molecule has 2 N–H and O–H groups in total. The Bertz CT molecular complexity index is 725. The van der Waals surface area contributed by atoms with E-state index in [1.54, 1.807) is 29.3 Å². The molecule has 120 valence electrons. The van der Waals surface area contributed by atoms with Gasteiger partial charge in [-0.1, -0.05) is 0 Å². The average molecular weight is 315 g/mol. The fourth-order valence-electron chi connectivity index (χ4n) is 2.67. The van der Waals surface area contributed by atoms with Crippen LogP contribution in [0.4, 0.5) is 5.69 Å². The largest absolute Gasteiger partial charge is 0.336 e. The van der Waals surface area contributed by atoms with Gasteiger partial charge in [-0.25, -0.2) is 4.68 Å². The van der Waals surface area contributed by atoms with Crippen LogP contribution >= 0.6 is 0 Å². The van der Waals surface area contributed by atoms with Crippen LogP contribution in [0.3, 0.4) is 0 Å². The van der Waals surface area contributed by atoms with E-state index in [4.69, 9.17) is 5.73 Å². The molecule has 0 aliphatic carbocycles. The van der Waals surface area contributed by atoms with E-state index in [-0.39, 0.29) is 17.6 Å². The van der Waals surface area contributed by atoms with Crippen LogP contribution in [0, 0.1) is 10.1 Å². The quantitative estimate of drug-likeness (QED) is 0.679. The van der Waals surface area contributed by atoms with Crippen LogP contribution in [0.5, 0.6) is 0 Å². The van der Waals surface area contributed by atoms with Crippen molar-refractivity contribution in [1.82, 2.24) is 14.7 Å². The predicted octanol–water partition coefficient (Wildman–Crippen LogP) is 1.34. The monoisotopic (exact) mass is 315 g/mol. The molecule has 1 amide bonds. The fourth-order valence-corrected chi connectivity index (χ4v) is 2.67. The molecule has 1 aliphatic heterocycles. The number of nitrogens with two attached hydrogens (primary N) is 1. The Morgan fingerprint density at radius 3 is 2.70 bits per heavy atom. The lowest BCUT2D eigenvalue weighted by Gasteiger charge is -2.30. The summed E-state index contributed by atoms with van der Waals surface area (Å²) in [7, 11) is 0. The maximum absolute atomic E-state index is 12.4. The molecule has 1 saturated heterocycles. The van der Waals surface area contributed by atoms with E-state index in [0.717, 1.165) is 12.8 Å². The Labute approximate surface area is 132 Å². The number of hydrogen-bond donors (Lipinski definition) is 1. The van der Waals surface area contributed by atoms with Crippen LogP contribution < -0.4 is 5.73 Å². The first kappa shape index (κ1) is 15.2. The summed E-state index contributed by atoms with van der Waals surface area (Å²) in [6.07, 6.45) is 3.50. The Hall–Kier alpha value is -2.74. The van der Waals surface area contributed by atoms with Crippen LogP contribution in [-0.2, 0) is 0 Å². The highest BCUT2D eigenvalue weighted by Crippen LogP contribution is 2.16. The molecule has 1 atom stereocenters. The summed E-state index contributed by atoms with van der Waals surface area (Å²) in [4.78, 5) is 24.4. The summed E-state index contributed by atoms with van der Waals surface area (Å²) in [5.41, 5.74) is 6.92. The van der Waals surface area contributed by atoms with Crippen molar-refractivity contribution in [3.8, 4) is 5.69 Å². The summed E-state index contributed by atoms with van der Waals surface area (Å²) in [5.74, 6) is -0.138. The van der Waals surface area contributed by atoms with Crippen molar-refractivity contribution in [1.29, 1.82) is 0 Å². The van der Waals surface area contributed by atoms with Gasteiger partial charge < -0.3 is 10.6 Å². The molecule has 3 rings (SSSR count). The Balaban J connectivity index is 1.77. The standard InChI is InChI=1S/C15H17N5O3/c16-11-2-1-8-18(10-11)15(21)14-7-9-19(17-14)12-3-5-13(6-4-12)20(22)23/h3-7,9,11H,1-2,8,10,16H2. The minimum Gasteiger partial charge on any atom is -0.336 e. The van der Waals surface area contributed by atoms with Gasteiger partial charge in [0, 0.05) is 37.5 Å². The van der Waals surface area contributed by atoms with Crippen LogP contribution in [0.1, 0.15) is 23.3 Å². The molecule has 1 aliphatic rings. The van der Waals surface area contributed by atoms with Crippen molar-refractivity contribution in [2.45, 2.75) is 18.9 Å². The van der Waals surface area contributed by atoms with Gasteiger partial charge in [0.1, 0.15) is 0 Å². The zero-order chi connectivity index (χ0) is 16.4. The third-order valence-corrected chi connectivity index (χ3v) is 3.88.